The molecule has 2 aromatic rings. The maximum Gasteiger partial charge on any atom is 0.315 e. The zero-order chi connectivity index (χ0) is 18.5. The van der Waals surface area contributed by atoms with E-state index in [0.29, 0.717) is 5.75 Å². The summed E-state index contributed by atoms with van der Waals surface area (Å²) in [7, 11) is 0. The number of hydrogen-bond donors (Lipinski definition) is 1. The molecule has 2 atom stereocenters. The quantitative estimate of drug-likeness (QED) is 0.875. The summed E-state index contributed by atoms with van der Waals surface area (Å²) in [4.78, 5) is 26.3. The monoisotopic (exact) mass is 375 g/mol. The van der Waals surface area contributed by atoms with Crippen LogP contribution in [-0.4, -0.2) is 41.6 Å². The highest BCUT2D eigenvalue weighted by Crippen LogP contribution is 2.50. The van der Waals surface area contributed by atoms with Crippen molar-refractivity contribution in [2.75, 3.05) is 19.7 Å². The van der Waals surface area contributed by atoms with Gasteiger partial charge in [-0.2, -0.15) is 0 Å². The highest BCUT2D eigenvalue weighted by atomic mass is 35.5. The first-order valence-corrected chi connectivity index (χ1v) is 8.49. The van der Waals surface area contributed by atoms with Crippen LogP contribution in [0.1, 0.15) is 21.8 Å². The lowest BCUT2D eigenvalue weighted by atomic mass is 9.73. The Kier molecular flexibility index (Phi) is 3.88. The van der Waals surface area contributed by atoms with Gasteiger partial charge in [0.15, 0.2) is 0 Å². The molecule has 2 aromatic carbocycles. The fourth-order valence-corrected chi connectivity index (χ4v) is 4.00. The van der Waals surface area contributed by atoms with Crippen LogP contribution in [0.15, 0.2) is 42.5 Å². The zero-order valence-electron chi connectivity index (χ0n) is 13.6. The van der Waals surface area contributed by atoms with Gasteiger partial charge in [0.05, 0.1) is 5.56 Å². The maximum absolute atomic E-state index is 14.1. The van der Waals surface area contributed by atoms with E-state index < -0.39 is 29.0 Å². The van der Waals surface area contributed by atoms with Crippen molar-refractivity contribution in [3.8, 4) is 5.75 Å². The Balaban J connectivity index is 1.73. The molecule has 2 aliphatic rings. The molecule has 0 aromatic heterocycles. The fourth-order valence-electron chi connectivity index (χ4n) is 3.82. The van der Waals surface area contributed by atoms with E-state index in [1.54, 1.807) is 12.1 Å². The number of amides is 1. The number of fused-ring (bicyclic) bond motifs is 3. The predicted molar refractivity (Wildman–Crippen MR) is 92.1 cm³/mol. The summed E-state index contributed by atoms with van der Waals surface area (Å²) >= 11 is 5.88. The van der Waals surface area contributed by atoms with Crippen molar-refractivity contribution >= 4 is 23.5 Å². The van der Waals surface area contributed by atoms with Crippen LogP contribution in [0.5, 0.6) is 5.75 Å². The molecule has 0 radical (unpaired) electrons. The number of aliphatic carboxylic acids is 1. The number of carboxylic acids is 1. The average molecular weight is 376 g/mol. The number of halogens is 2. The normalized spacial score (nSPS) is 23.8. The summed E-state index contributed by atoms with van der Waals surface area (Å²) in [5, 5.41) is 10.1. The van der Waals surface area contributed by atoms with Crippen molar-refractivity contribution in [1.82, 2.24) is 4.90 Å². The molecule has 0 unspecified atom stereocenters. The molecule has 2 heterocycles. The summed E-state index contributed by atoms with van der Waals surface area (Å²) in [6.07, 6.45) is 0. The highest BCUT2D eigenvalue weighted by Gasteiger charge is 2.57. The molecule has 1 saturated heterocycles. The molecule has 1 fully saturated rings. The van der Waals surface area contributed by atoms with E-state index in [-0.39, 0.29) is 30.3 Å². The number of nitrogens with zero attached hydrogens (tertiary/aromatic N) is 1. The smallest absolute Gasteiger partial charge is 0.315 e. The van der Waals surface area contributed by atoms with Crippen molar-refractivity contribution in [2.45, 2.75) is 5.92 Å². The molecular formula is C19H15ClFNO4. The van der Waals surface area contributed by atoms with Crippen molar-refractivity contribution in [2.24, 2.45) is 5.41 Å². The van der Waals surface area contributed by atoms with E-state index in [9.17, 15) is 19.1 Å². The van der Waals surface area contributed by atoms with E-state index in [2.05, 4.69) is 0 Å². The topological polar surface area (TPSA) is 66.8 Å². The number of likely N-dealkylation sites (tertiary alicyclic amines) is 1. The van der Waals surface area contributed by atoms with Gasteiger partial charge in [-0.15, -0.1) is 0 Å². The molecule has 7 heteroatoms. The Morgan fingerprint density at radius 1 is 1.27 bits per heavy atom. The van der Waals surface area contributed by atoms with Gasteiger partial charge in [-0.1, -0.05) is 29.8 Å². The minimum absolute atomic E-state index is 0.0359. The van der Waals surface area contributed by atoms with E-state index in [0.717, 1.165) is 11.6 Å². The predicted octanol–water partition coefficient (Wildman–Crippen LogP) is 3.18. The van der Waals surface area contributed by atoms with Gasteiger partial charge in [0.2, 0.25) is 0 Å². The highest BCUT2D eigenvalue weighted by molar-refractivity contribution is 6.31. The van der Waals surface area contributed by atoms with Gasteiger partial charge < -0.3 is 14.7 Å². The minimum atomic E-state index is -1.25. The van der Waals surface area contributed by atoms with E-state index in [4.69, 9.17) is 16.3 Å². The first kappa shape index (κ1) is 16.8. The standard InChI is InChI=1S/C19H15ClFNO4/c20-11-5-6-15(21)13(7-11)17(23)22-8-14-12-3-1-2-4-16(12)26-10-19(14,9-22)18(24)25/h1-7,14H,8-10H2,(H,24,25)/t14-,19-/m0/s1. The first-order valence-electron chi connectivity index (χ1n) is 8.12. The molecule has 1 N–H and O–H groups in total. The number of ether oxygens (including phenoxy) is 1. The molecule has 0 aliphatic carbocycles. The molecule has 4 rings (SSSR count). The molecule has 26 heavy (non-hydrogen) atoms. The van der Waals surface area contributed by atoms with Crippen molar-refractivity contribution < 1.29 is 23.8 Å². The molecule has 0 saturated carbocycles. The van der Waals surface area contributed by atoms with Gasteiger partial charge in [-0.3, -0.25) is 9.59 Å². The maximum atomic E-state index is 14.1. The van der Waals surface area contributed by atoms with Crippen molar-refractivity contribution in [3.05, 3.63) is 64.4 Å². The van der Waals surface area contributed by atoms with Crippen LogP contribution >= 0.6 is 11.6 Å². The number of carbonyl (C=O) groups excluding carboxylic acids is 1. The van der Waals surface area contributed by atoms with Crippen LogP contribution in [-0.2, 0) is 4.79 Å². The Labute approximate surface area is 153 Å². The second-order valence-corrected chi connectivity index (χ2v) is 7.09. The first-order chi connectivity index (χ1) is 12.4. The summed E-state index contributed by atoms with van der Waals surface area (Å²) < 4.78 is 19.8. The van der Waals surface area contributed by atoms with Crippen LogP contribution in [0, 0.1) is 11.2 Å². The van der Waals surface area contributed by atoms with E-state index in [1.165, 1.54) is 17.0 Å². The van der Waals surface area contributed by atoms with Crippen LogP contribution in [0.4, 0.5) is 4.39 Å². The minimum Gasteiger partial charge on any atom is -0.492 e. The van der Waals surface area contributed by atoms with E-state index in [1.807, 2.05) is 12.1 Å². The number of carbonyl (C=O) groups is 2. The number of para-hydroxylation sites is 1. The van der Waals surface area contributed by atoms with Gasteiger partial charge in [0.25, 0.3) is 5.91 Å². The van der Waals surface area contributed by atoms with Crippen molar-refractivity contribution in [1.29, 1.82) is 0 Å². The average Bonchev–Trinajstić information content (AvgIpc) is 3.05. The van der Waals surface area contributed by atoms with Crippen molar-refractivity contribution in [3.63, 3.8) is 0 Å². The lowest BCUT2D eigenvalue weighted by molar-refractivity contribution is -0.151. The number of carboxylic acid groups (broad SMARTS) is 1. The summed E-state index contributed by atoms with van der Waals surface area (Å²) in [6, 6.07) is 11.0. The van der Waals surface area contributed by atoms with Gasteiger partial charge in [0, 0.05) is 29.6 Å². The van der Waals surface area contributed by atoms with Crippen LogP contribution in [0.2, 0.25) is 5.02 Å². The number of benzene rings is 2. The fraction of sp³-hybridized carbons (Fsp3) is 0.263. The lowest BCUT2D eigenvalue weighted by Crippen LogP contribution is -2.46. The van der Waals surface area contributed by atoms with Crippen LogP contribution < -0.4 is 4.74 Å². The summed E-state index contributed by atoms with van der Waals surface area (Å²) in [5.41, 5.74) is -0.659. The molecule has 5 nitrogen and oxygen atoms in total. The third-order valence-corrected chi connectivity index (χ3v) is 5.43. The molecule has 2 aliphatic heterocycles. The molecule has 134 valence electrons. The van der Waals surface area contributed by atoms with Gasteiger partial charge in [0.1, 0.15) is 23.6 Å². The van der Waals surface area contributed by atoms with Gasteiger partial charge in [-0.25, -0.2) is 4.39 Å². The van der Waals surface area contributed by atoms with Gasteiger partial charge in [-0.05, 0) is 24.3 Å². The number of hydrogen-bond acceptors (Lipinski definition) is 3. The Hall–Kier alpha value is -2.60. The Bertz CT molecular complexity index is 918. The molecular weight excluding hydrogens is 361 g/mol. The Morgan fingerprint density at radius 3 is 2.81 bits per heavy atom. The van der Waals surface area contributed by atoms with Gasteiger partial charge >= 0.3 is 5.97 Å². The third kappa shape index (κ3) is 2.44. The largest absolute Gasteiger partial charge is 0.492 e. The molecule has 0 bridgehead atoms. The summed E-state index contributed by atoms with van der Waals surface area (Å²) in [6.45, 7) is 0.0927. The SMILES string of the molecule is O=C(c1cc(Cl)ccc1F)N1C[C@H]2c3ccccc3OC[C@@]2(C(=O)O)C1. The molecule has 0 spiro atoms. The third-order valence-electron chi connectivity index (χ3n) is 5.19. The van der Waals surface area contributed by atoms with Crippen LogP contribution in [0.3, 0.4) is 0 Å². The Morgan fingerprint density at radius 2 is 2.04 bits per heavy atom. The van der Waals surface area contributed by atoms with E-state index >= 15 is 0 Å². The summed E-state index contributed by atoms with van der Waals surface area (Å²) in [5.74, 6) is -2.08. The second kappa shape index (κ2) is 5.99. The zero-order valence-corrected chi connectivity index (χ0v) is 14.4. The van der Waals surface area contributed by atoms with Crippen LogP contribution in [0.25, 0.3) is 0 Å². The molecule has 1 amide bonds. The number of rotatable bonds is 2. The lowest BCUT2D eigenvalue weighted by Gasteiger charge is -2.35. The second-order valence-electron chi connectivity index (χ2n) is 6.65.